The van der Waals surface area contributed by atoms with Crippen LogP contribution in [-0.2, 0) is 6.42 Å². The number of hydrogen-bond donors (Lipinski definition) is 1. The van der Waals surface area contributed by atoms with Crippen molar-refractivity contribution in [2.75, 3.05) is 0 Å². The van der Waals surface area contributed by atoms with Crippen molar-refractivity contribution in [2.24, 2.45) is 0 Å². The van der Waals surface area contributed by atoms with Crippen LogP contribution in [0.2, 0.25) is 5.02 Å². The van der Waals surface area contributed by atoms with Crippen LogP contribution in [0, 0.1) is 0 Å². The van der Waals surface area contributed by atoms with Gasteiger partial charge >= 0.3 is 0 Å². The molecule has 1 nitrogen and oxygen atoms in total. The Morgan fingerprint density at radius 3 is 1.62 bits per heavy atom. The first-order valence-corrected chi connectivity index (χ1v) is 14.9. The Labute approximate surface area is 214 Å². The minimum absolute atomic E-state index is 0.802. The summed E-state index contributed by atoms with van der Waals surface area (Å²) >= 11 is 6.18. The molecule has 0 saturated carbocycles. The van der Waals surface area contributed by atoms with E-state index in [1.807, 2.05) is 6.07 Å². The minimum Gasteiger partial charge on any atom is -0.355 e. The number of nitrogens with one attached hydrogen (secondary N) is 1. The Hall–Kier alpha value is -1.47. The van der Waals surface area contributed by atoms with Crippen LogP contribution in [0.4, 0.5) is 0 Å². The summed E-state index contributed by atoms with van der Waals surface area (Å²) in [5, 5.41) is 3.30. The summed E-state index contributed by atoms with van der Waals surface area (Å²) in [6, 6.07) is 13.0. The molecule has 2 aromatic carbocycles. The molecule has 0 bridgehead atoms. The summed E-state index contributed by atoms with van der Waals surface area (Å²) in [6.45, 7) is 2.30. The molecule has 0 spiro atoms. The SMILES string of the molecule is CCCCCCCCCCCCCCCCCCCCc1ccc2c(c1)[nH]c1ccc(Cl)cc12. The Morgan fingerprint density at radius 2 is 1.06 bits per heavy atom. The van der Waals surface area contributed by atoms with Crippen molar-refractivity contribution in [3.05, 3.63) is 47.0 Å². The molecule has 0 fully saturated rings. The number of rotatable bonds is 19. The number of H-pyrrole nitrogens is 1. The van der Waals surface area contributed by atoms with Gasteiger partial charge in [-0.3, -0.25) is 0 Å². The molecule has 2 heteroatoms. The zero-order chi connectivity index (χ0) is 23.8. The third-order valence-electron chi connectivity index (χ3n) is 7.44. The number of aromatic amines is 1. The molecule has 0 aliphatic heterocycles. The molecule has 1 N–H and O–H groups in total. The second kappa shape index (κ2) is 16.2. The van der Waals surface area contributed by atoms with Gasteiger partial charge in [-0.05, 0) is 42.7 Å². The summed E-state index contributed by atoms with van der Waals surface area (Å²) in [4.78, 5) is 3.55. The maximum Gasteiger partial charge on any atom is 0.0467 e. The average molecular weight is 482 g/mol. The molecule has 3 rings (SSSR count). The van der Waals surface area contributed by atoms with E-state index in [9.17, 15) is 0 Å². The molecular weight excluding hydrogens is 434 g/mol. The number of unbranched alkanes of at least 4 members (excludes halogenated alkanes) is 17. The Kier molecular flexibility index (Phi) is 13.0. The highest BCUT2D eigenvalue weighted by molar-refractivity contribution is 6.31. The number of aryl methyl sites for hydroxylation is 1. The van der Waals surface area contributed by atoms with Crippen molar-refractivity contribution in [1.82, 2.24) is 4.98 Å². The Morgan fingerprint density at radius 1 is 0.529 bits per heavy atom. The number of benzene rings is 2. The number of fused-ring (bicyclic) bond motifs is 3. The third-order valence-corrected chi connectivity index (χ3v) is 7.68. The van der Waals surface area contributed by atoms with Crippen molar-refractivity contribution >= 4 is 33.4 Å². The average Bonchev–Trinajstić information content (AvgIpc) is 3.20. The van der Waals surface area contributed by atoms with Gasteiger partial charge in [0.2, 0.25) is 0 Å². The molecule has 34 heavy (non-hydrogen) atoms. The van der Waals surface area contributed by atoms with Crippen LogP contribution in [0.5, 0.6) is 0 Å². The molecule has 1 aromatic heterocycles. The van der Waals surface area contributed by atoms with Gasteiger partial charge in [0.15, 0.2) is 0 Å². The smallest absolute Gasteiger partial charge is 0.0467 e. The second-order valence-electron chi connectivity index (χ2n) is 10.5. The van der Waals surface area contributed by atoms with Crippen molar-refractivity contribution < 1.29 is 0 Å². The van der Waals surface area contributed by atoms with E-state index in [-0.39, 0.29) is 0 Å². The maximum absolute atomic E-state index is 6.18. The van der Waals surface area contributed by atoms with Crippen molar-refractivity contribution in [3.8, 4) is 0 Å². The van der Waals surface area contributed by atoms with E-state index in [1.165, 1.54) is 149 Å². The monoisotopic (exact) mass is 481 g/mol. The van der Waals surface area contributed by atoms with Gasteiger partial charge in [-0.25, -0.2) is 0 Å². The van der Waals surface area contributed by atoms with Crippen molar-refractivity contribution in [1.29, 1.82) is 0 Å². The maximum atomic E-state index is 6.18. The lowest BCUT2D eigenvalue weighted by Crippen LogP contribution is -1.87. The van der Waals surface area contributed by atoms with E-state index in [4.69, 9.17) is 11.6 Å². The predicted molar refractivity (Wildman–Crippen MR) is 153 cm³/mol. The largest absolute Gasteiger partial charge is 0.355 e. The highest BCUT2D eigenvalue weighted by Crippen LogP contribution is 2.29. The first kappa shape index (κ1) is 27.1. The fourth-order valence-corrected chi connectivity index (χ4v) is 5.48. The van der Waals surface area contributed by atoms with Gasteiger partial charge in [0.1, 0.15) is 0 Å². The van der Waals surface area contributed by atoms with E-state index < -0.39 is 0 Å². The highest BCUT2D eigenvalue weighted by Gasteiger charge is 2.06. The summed E-state index contributed by atoms with van der Waals surface area (Å²) in [6.07, 6.45) is 26.9. The fraction of sp³-hybridized carbons (Fsp3) is 0.625. The molecule has 1 heterocycles. The molecule has 0 aliphatic rings. The van der Waals surface area contributed by atoms with Crippen LogP contribution in [0.15, 0.2) is 36.4 Å². The molecule has 0 radical (unpaired) electrons. The molecule has 0 aliphatic carbocycles. The third kappa shape index (κ3) is 9.65. The van der Waals surface area contributed by atoms with Gasteiger partial charge in [0.05, 0.1) is 0 Å². The summed E-state index contributed by atoms with van der Waals surface area (Å²) in [5.41, 5.74) is 3.85. The number of aromatic nitrogens is 1. The normalized spacial score (nSPS) is 11.7. The van der Waals surface area contributed by atoms with Crippen LogP contribution < -0.4 is 0 Å². The zero-order valence-corrected chi connectivity index (χ0v) is 22.5. The Balaban J connectivity index is 1.14. The zero-order valence-electron chi connectivity index (χ0n) is 21.8. The molecule has 0 amide bonds. The first-order chi connectivity index (χ1) is 16.8. The standard InChI is InChI=1S/C32H48ClN/c1-2-3-4-5-6-7-8-9-10-11-12-13-14-15-16-17-18-19-20-27-21-23-29-30-26-28(33)22-24-31(30)34-32(29)25-27/h21-26,34H,2-20H2,1H3. The van der Waals surface area contributed by atoms with Crippen LogP contribution in [0.25, 0.3) is 21.8 Å². The van der Waals surface area contributed by atoms with E-state index in [2.05, 4.69) is 42.2 Å². The molecular formula is C32H48ClN. The van der Waals surface area contributed by atoms with E-state index in [0.29, 0.717) is 0 Å². The molecule has 0 atom stereocenters. The summed E-state index contributed by atoms with van der Waals surface area (Å²) in [5.74, 6) is 0. The summed E-state index contributed by atoms with van der Waals surface area (Å²) < 4.78 is 0. The molecule has 188 valence electrons. The van der Waals surface area contributed by atoms with Crippen LogP contribution in [0.1, 0.15) is 128 Å². The van der Waals surface area contributed by atoms with E-state index in [1.54, 1.807) is 0 Å². The van der Waals surface area contributed by atoms with Crippen molar-refractivity contribution in [3.63, 3.8) is 0 Å². The first-order valence-electron chi connectivity index (χ1n) is 14.5. The fourth-order valence-electron chi connectivity index (χ4n) is 5.31. The van der Waals surface area contributed by atoms with E-state index in [0.717, 1.165) is 5.02 Å². The topological polar surface area (TPSA) is 15.8 Å². The second-order valence-corrected chi connectivity index (χ2v) is 10.9. The lowest BCUT2D eigenvalue weighted by molar-refractivity contribution is 0.525. The molecule has 0 unspecified atom stereocenters. The Bertz CT molecular complexity index is 941. The summed E-state index contributed by atoms with van der Waals surface area (Å²) in [7, 11) is 0. The van der Waals surface area contributed by atoms with Crippen molar-refractivity contribution in [2.45, 2.75) is 129 Å². The quantitative estimate of drug-likeness (QED) is 0.164. The number of halogens is 1. The van der Waals surface area contributed by atoms with Gasteiger partial charge in [0, 0.05) is 26.8 Å². The van der Waals surface area contributed by atoms with Crippen LogP contribution in [-0.4, -0.2) is 4.98 Å². The van der Waals surface area contributed by atoms with Gasteiger partial charge < -0.3 is 4.98 Å². The van der Waals surface area contributed by atoms with Crippen LogP contribution >= 0.6 is 11.6 Å². The minimum atomic E-state index is 0.802. The van der Waals surface area contributed by atoms with Crippen LogP contribution in [0.3, 0.4) is 0 Å². The van der Waals surface area contributed by atoms with Gasteiger partial charge in [0.25, 0.3) is 0 Å². The predicted octanol–water partition coefficient (Wildman–Crippen LogP) is 11.6. The lowest BCUT2D eigenvalue weighted by atomic mass is 10.0. The van der Waals surface area contributed by atoms with Gasteiger partial charge in [-0.15, -0.1) is 0 Å². The lowest BCUT2D eigenvalue weighted by Gasteiger charge is -2.04. The van der Waals surface area contributed by atoms with Gasteiger partial charge in [-0.1, -0.05) is 140 Å². The molecule has 0 saturated heterocycles. The molecule has 3 aromatic rings. The van der Waals surface area contributed by atoms with E-state index >= 15 is 0 Å². The van der Waals surface area contributed by atoms with Gasteiger partial charge in [-0.2, -0.15) is 0 Å². The highest BCUT2D eigenvalue weighted by atomic mass is 35.5. The number of hydrogen-bond acceptors (Lipinski definition) is 0.